The molecule has 1 aliphatic heterocycles. The Bertz CT molecular complexity index is 1250. The predicted octanol–water partition coefficient (Wildman–Crippen LogP) is 3.51. The van der Waals surface area contributed by atoms with Crippen molar-refractivity contribution in [2.75, 3.05) is 6.54 Å². The summed E-state index contributed by atoms with van der Waals surface area (Å²) in [6, 6.07) is 9.54. The van der Waals surface area contributed by atoms with Crippen LogP contribution in [0.1, 0.15) is 22.4 Å². The third-order valence-corrected chi connectivity index (χ3v) is 5.33. The van der Waals surface area contributed by atoms with Gasteiger partial charge in [0.25, 0.3) is 0 Å². The first kappa shape index (κ1) is 17.7. The largest absolute Gasteiger partial charge is 0.464 e. The van der Waals surface area contributed by atoms with E-state index in [0.717, 1.165) is 35.3 Å². The second-order valence-electron chi connectivity index (χ2n) is 7.46. The van der Waals surface area contributed by atoms with E-state index in [9.17, 15) is 4.79 Å². The minimum Gasteiger partial charge on any atom is -0.464 e. The van der Waals surface area contributed by atoms with E-state index in [1.807, 2.05) is 43.5 Å². The normalized spacial score (nSPS) is 14.1. The zero-order valence-corrected chi connectivity index (χ0v) is 16.1. The second-order valence-corrected chi connectivity index (χ2v) is 7.46. The molecule has 0 radical (unpaired) electrons. The van der Waals surface area contributed by atoms with Crippen molar-refractivity contribution < 1.29 is 4.42 Å². The summed E-state index contributed by atoms with van der Waals surface area (Å²) in [6.07, 6.45) is 7.83. The molecular weight excluding hydrogens is 364 g/mol. The van der Waals surface area contributed by atoms with Crippen molar-refractivity contribution in [1.82, 2.24) is 19.9 Å². The van der Waals surface area contributed by atoms with Gasteiger partial charge < -0.3 is 4.42 Å². The first-order valence-corrected chi connectivity index (χ1v) is 9.66. The third kappa shape index (κ3) is 3.43. The molecule has 0 saturated carbocycles. The predicted molar refractivity (Wildman–Crippen MR) is 110 cm³/mol. The Kier molecular flexibility index (Phi) is 4.41. The summed E-state index contributed by atoms with van der Waals surface area (Å²) in [4.78, 5) is 28.5. The Morgan fingerprint density at radius 1 is 1.21 bits per heavy atom. The zero-order chi connectivity index (χ0) is 19.8. The molecule has 1 aromatic carbocycles. The summed E-state index contributed by atoms with van der Waals surface area (Å²) >= 11 is 0. The molecule has 0 spiro atoms. The van der Waals surface area contributed by atoms with Crippen LogP contribution in [0.4, 0.5) is 0 Å². The number of hydrogen-bond donors (Lipinski definition) is 0. The van der Waals surface area contributed by atoms with Gasteiger partial charge in [-0.25, -0.2) is 9.97 Å². The smallest absolute Gasteiger partial charge is 0.197 e. The average Bonchev–Trinajstić information content (AvgIpc) is 2.76. The van der Waals surface area contributed by atoms with Gasteiger partial charge in [0.05, 0.1) is 17.3 Å². The number of rotatable bonds is 3. The van der Waals surface area contributed by atoms with E-state index in [0.29, 0.717) is 35.4 Å². The molecule has 1 aliphatic rings. The van der Waals surface area contributed by atoms with Gasteiger partial charge in [-0.05, 0) is 31.2 Å². The van der Waals surface area contributed by atoms with Gasteiger partial charge >= 0.3 is 0 Å². The molecule has 6 heteroatoms. The molecule has 29 heavy (non-hydrogen) atoms. The minimum absolute atomic E-state index is 0.0453. The Balaban J connectivity index is 1.38. The van der Waals surface area contributed by atoms with Crippen LogP contribution in [0.2, 0.25) is 0 Å². The Labute approximate surface area is 167 Å². The number of nitrogens with zero attached hydrogens (tertiary/aromatic N) is 4. The molecule has 3 aromatic heterocycles. The van der Waals surface area contributed by atoms with Gasteiger partial charge in [-0.2, -0.15) is 0 Å². The van der Waals surface area contributed by atoms with Crippen molar-refractivity contribution in [2.24, 2.45) is 0 Å². The zero-order valence-electron chi connectivity index (χ0n) is 16.1. The van der Waals surface area contributed by atoms with E-state index < -0.39 is 0 Å². The van der Waals surface area contributed by atoms with E-state index in [4.69, 9.17) is 9.40 Å². The van der Waals surface area contributed by atoms with Crippen molar-refractivity contribution in [2.45, 2.75) is 26.4 Å². The highest BCUT2D eigenvalue weighted by Crippen LogP contribution is 2.22. The molecule has 144 valence electrons. The van der Waals surface area contributed by atoms with Crippen LogP contribution in [0.25, 0.3) is 22.4 Å². The fraction of sp³-hybridized carbons (Fsp3) is 0.217. The van der Waals surface area contributed by atoms with Gasteiger partial charge in [0.1, 0.15) is 5.58 Å². The van der Waals surface area contributed by atoms with Crippen molar-refractivity contribution in [1.29, 1.82) is 0 Å². The Morgan fingerprint density at radius 3 is 3.00 bits per heavy atom. The summed E-state index contributed by atoms with van der Waals surface area (Å²) in [5.41, 5.74) is 5.49. The van der Waals surface area contributed by atoms with Gasteiger partial charge in [0, 0.05) is 61.3 Å². The van der Waals surface area contributed by atoms with E-state index in [-0.39, 0.29) is 5.43 Å². The van der Waals surface area contributed by atoms with Crippen LogP contribution in [0.3, 0.4) is 0 Å². The van der Waals surface area contributed by atoms with Crippen LogP contribution in [0.15, 0.2) is 64.4 Å². The minimum atomic E-state index is 0.0453. The molecule has 0 aliphatic carbocycles. The van der Waals surface area contributed by atoms with Crippen LogP contribution in [0, 0.1) is 6.92 Å². The SMILES string of the molecule is Cc1ccc2occ(CN3CCc4nc(-c5cccnc5)ncc4C3)c(=O)c2c1. The summed E-state index contributed by atoms with van der Waals surface area (Å²) in [5.74, 6) is 0.704. The number of aromatic nitrogens is 3. The molecule has 0 bridgehead atoms. The van der Waals surface area contributed by atoms with E-state index in [2.05, 4.69) is 14.9 Å². The summed E-state index contributed by atoms with van der Waals surface area (Å²) < 4.78 is 5.70. The topological polar surface area (TPSA) is 72.1 Å². The van der Waals surface area contributed by atoms with Crippen molar-refractivity contribution >= 4 is 11.0 Å². The van der Waals surface area contributed by atoms with Gasteiger partial charge in [0.15, 0.2) is 11.3 Å². The highest BCUT2D eigenvalue weighted by atomic mass is 16.3. The molecule has 0 fully saturated rings. The van der Waals surface area contributed by atoms with Gasteiger partial charge in [-0.3, -0.25) is 14.7 Å². The molecule has 0 unspecified atom stereocenters. The average molecular weight is 384 g/mol. The molecule has 5 rings (SSSR count). The molecule has 0 amide bonds. The molecule has 0 saturated heterocycles. The van der Waals surface area contributed by atoms with E-state index in [1.165, 1.54) is 0 Å². The van der Waals surface area contributed by atoms with E-state index >= 15 is 0 Å². The fourth-order valence-electron chi connectivity index (χ4n) is 3.78. The third-order valence-electron chi connectivity index (χ3n) is 5.33. The van der Waals surface area contributed by atoms with Crippen molar-refractivity contribution in [3.8, 4) is 11.4 Å². The van der Waals surface area contributed by atoms with E-state index in [1.54, 1.807) is 18.7 Å². The maximum atomic E-state index is 12.9. The molecule has 6 nitrogen and oxygen atoms in total. The standard InChI is InChI=1S/C23H20N4O2/c1-15-4-5-21-19(9-15)22(28)18(14-29-21)13-27-8-6-20-17(12-27)11-25-23(26-20)16-3-2-7-24-10-16/h2-5,7,9-11,14H,6,8,12-13H2,1H3. The van der Waals surface area contributed by atoms with Crippen molar-refractivity contribution in [3.05, 3.63) is 87.8 Å². The Hall–Kier alpha value is -3.38. The monoisotopic (exact) mass is 384 g/mol. The van der Waals surface area contributed by atoms with Crippen LogP contribution < -0.4 is 5.43 Å². The lowest BCUT2D eigenvalue weighted by Crippen LogP contribution is -2.32. The number of pyridine rings is 1. The number of hydrogen-bond acceptors (Lipinski definition) is 6. The highest BCUT2D eigenvalue weighted by Gasteiger charge is 2.20. The number of fused-ring (bicyclic) bond motifs is 2. The number of aryl methyl sites for hydroxylation is 1. The lowest BCUT2D eigenvalue weighted by atomic mass is 10.1. The highest BCUT2D eigenvalue weighted by molar-refractivity contribution is 5.77. The molecule has 4 aromatic rings. The lowest BCUT2D eigenvalue weighted by molar-refractivity contribution is 0.240. The molecule has 4 heterocycles. The maximum Gasteiger partial charge on any atom is 0.197 e. The Morgan fingerprint density at radius 2 is 2.14 bits per heavy atom. The summed E-state index contributed by atoms with van der Waals surface area (Å²) in [5, 5.41) is 0.643. The van der Waals surface area contributed by atoms with Gasteiger partial charge in [-0.1, -0.05) is 11.6 Å². The second kappa shape index (κ2) is 7.22. The van der Waals surface area contributed by atoms with Crippen LogP contribution >= 0.6 is 0 Å². The van der Waals surface area contributed by atoms with Gasteiger partial charge in [0.2, 0.25) is 0 Å². The first-order valence-electron chi connectivity index (χ1n) is 9.66. The number of benzene rings is 1. The molecule has 0 N–H and O–H groups in total. The lowest BCUT2D eigenvalue weighted by Gasteiger charge is -2.27. The maximum absolute atomic E-state index is 12.9. The van der Waals surface area contributed by atoms with Crippen LogP contribution in [0.5, 0.6) is 0 Å². The summed E-state index contributed by atoms with van der Waals surface area (Å²) in [6.45, 7) is 4.08. The van der Waals surface area contributed by atoms with Crippen LogP contribution in [-0.2, 0) is 19.5 Å². The van der Waals surface area contributed by atoms with Crippen molar-refractivity contribution in [3.63, 3.8) is 0 Å². The fourth-order valence-corrected chi connectivity index (χ4v) is 3.78. The molecule has 0 atom stereocenters. The molecular formula is C23H20N4O2. The van der Waals surface area contributed by atoms with Crippen LogP contribution in [-0.4, -0.2) is 26.4 Å². The summed E-state index contributed by atoms with van der Waals surface area (Å²) in [7, 11) is 0. The quantitative estimate of drug-likeness (QED) is 0.538. The first-order chi connectivity index (χ1) is 14.2. The van der Waals surface area contributed by atoms with Gasteiger partial charge in [-0.15, -0.1) is 0 Å².